The normalized spacial score (nSPS) is 16.4. The van der Waals surface area contributed by atoms with Crippen molar-refractivity contribution >= 4 is 35.0 Å². The summed E-state index contributed by atoms with van der Waals surface area (Å²) < 4.78 is 19.1. The van der Waals surface area contributed by atoms with E-state index in [0.717, 1.165) is 5.56 Å². The van der Waals surface area contributed by atoms with E-state index in [-0.39, 0.29) is 28.8 Å². The summed E-state index contributed by atoms with van der Waals surface area (Å²) in [7, 11) is 0. The molecule has 1 fully saturated rings. The smallest absolute Gasteiger partial charge is 0.291 e. The lowest BCUT2D eigenvalue weighted by Gasteiger charge is -2.24. The Balaban J connectivity index is 1.55. The first kappa shape index (κ1) is 18.3. The van der Waals surface area contributed by atoms with Crippen LogP contribution in [-0.2, 0) is 4.79 Å². The number of anilines is 2. The standard InChI is InChI=1S/C21H17FN2O3S/c1-13-4-9-16(11-17(13)22)24-19(25)12-28-21(24)14-5-7-15(8-6-14)23-20(26)18-3-2-10-27-18/h2-11,21H,12H2,1H3,(H,23,26)/t21-/m0/s1. The number of thioether (sulfide) groups is 1. The summed E-state index contributed by atoms with van der Waals surface area (Å²) in [6.07, 6.45) is 1.44. The van der Waals surface area contributed by atoms with Gasteiger partial charge in [-0.05, 0) is 54.4 Å². The number of nitrogens with zero attached hydrogens (tertiary/aromatic N) is 1. The van der Waals surface area contributed by atoms with E-state index in [1.165, 1.54) is 24.1 Å². The fraction of sp³-hybridized carbons (Fsp3) is 0.143. The molecule has 1 saturated heterocycles. The Hall–Kier alpha value is -3.06. The second-order valence-electron chi connectivity index (χ2n) is 6.41. The largest absolute Gasteiger partial charge is 0.459 e. The molecule has 3 aromatic rings. The molecule has 0 aliphatic carbocycles. The maximum Gasteiger partial charge on any atom is 0.291 e. The molecule has 4 rings (SSSR count). The average Bonchev–Trinajstić information content (AvgIpc) is 3.35. The second kappa shape index (κ2) is 7.52. The first-order chi connectivity index (χ1) is 13.5. The number of hydrogen-bond acceptors (Lipinski definition) is 4. The van der Waals surface area contributed by atoms with Crippen molar-refractivity contribution in [1.82, 2.24) is 0 Å². The Labute approximate surface area is 165 Å². The SMILES string of the molecule is Cc1ccc(N2C(=O)CS[C@H]2c2ccc(NC(=O)c3ccco3)cc2)cc1F. The van der Waals surface area contributed by atoms with Crippen LogP contribution < -0.4 is 10.2 Å². The maximum absolute atomic E-state index is 14.0. The molecule has 0 unspecified atom stereocenters. The number of carbonyl (C=O) groups excluding carboxylic acids is 2. The molecule has 1 N–H and O–H groups in total. The predicted octanol–water partition coefficient (Wildman–Crippen LogP) is 4.76. The van der Waals surface area contributed by atoms with Crippen LogP contribution in [0.25, 0.3) is 0 Å². The summed E-state index contributed by atoms with van der Waals surface area (Å²) in [5.41, 5.74) is 2.59. The predicted molar refractivity (Wildman–Crippen MR) is 107 cm³/mol. The number of benzene rings is 2. The molecule has 0 saturated carbocycles. The molecule has 1 aliphatic rings. The molecule has 1 aliphatic heterocycles. The Morgan fingerprint density at radius 3 is 2.68 bits per heavy atom. The van der Waals surface area contributed by atoms with Crippen LogP contribution in [0.5, 0.6) is 0 Å². The quantitative estimate of drug-likeness (QED) is 0.691. The number of carbonyl (C=O) groups is 2. The Morgan fingerprint density at radius 1 is 1.21 bits per heavy atom. The molecule has 0 spiro atoms. The van der Waals surface area contributed by atoms with Crippen LogP contribution >= 0.6 is 11.8 Å². The zero-order valence-electron chi connectivity index (χ0n) is 15.0. The monoisotopic (exact) mass is 396 g/mol. The molecule has 28 heavy (non-hydrogen) atoms. The molecule has 2 heterocycles. The molecule has 0 radical (unpaired) electrons. The maximum atomic E-state index is 14.0. The van der Waals surface area contributed by atoms with Crippen LogP contribution in [0.1, 0.15) is 27.1 Å². The van der Waals surface area contributed by atoms with Crippen LogP contribution in [0, 0.1) is 12.7 Å². The highest BCUT2D eigenvalue weighted by Crippen LogP contribution is 2.42. The van der Waals surface area contributed by atoms with E-state index in [0.29, 0.717) is 22.7 Å². The minimum Gasteiger partial charge on any atom is -0.459 e. The number of hydrogen-bond donors (Lipinski definition) is 1. The van der Waals surface area contributed by atoms with Gasteiger partial charge in [-0.3, -0.25) is 14.5 Å². The van der Waals surface area contributed by atoms with Gasteiger partial charge in [0, 0.05) is 11.4 Å². The lowest BCUT2D eigenvalue weighted by molar-refractivity contribution is -0.115. The van der Waals surface area contributed by atoms with Gasteiger partial charge in [0.25, 0.3) is 5.91 Å². The van der Waals surface area contributed by atoms with Crippen LogP contribution in [0.4, 0.5) is 15.8 Å². The fourth-order valence-electron chi connectivity index (χ4n) is 3.01. The van der Waals surface area contributed by atoms with Crippen LogP contribution in [0.3, 0.4) is 0 Å². The van der Waals surface area contributed by atoms with Crippen molar-refractivity contribution in [2.24, 2.45) is 0 Å². The first-order valence-electron chi connectivity index (χ1n) is 8.67. The molecule has 2 amide bonds. The van der Waals surface area contributed by atoms with Gasteiger partial charge in [0.05, 0.1) is 12.0 Å². The summed E-state index contributed by atoms with van der Waals surface area (Å²) in [6.45, 7) is 1.69. The van der Waals surface area contributed by atoms with E-state index in [1.54, 1.807) is 48.2 Å². The van der Waals surface area contributed by atoms with Gasteiger partial charge in [0.15, 0.2) is 5.76 Å². The summed E-state index contributed by atoms with van der Waals surface area (Å²) >= 11 is 1.49. The highest BCUT2D eigenvalue weighted by molar-refractivity contribution is 8.00. The zero-order chi connectivity index (χ0) is 19.7. The van der Waals surface area contributed by atoms with E-state index in [1.807, 2.05) is 12.1 Å². The molecule has 0 bridgehead atoms. The van der Waals surface area contributed by atoms with Crippen molar-refractivity contribution in [2.45, 2.75) is 12.3 Å². The minimum atomic E-state index is -0.336. The molecular weight excluding hydrogens is 379 g/mol. The highest BCUT2D eigenvalue weighted by atomic mass is 32.2. The minimum absolute atomic E-state index is 0.0616. The third-order valence-corrected chi connectivity index (χ3v) is 5.71. The first-order valence-corrected chi connectivity index (χ1v) is 9.72. The fourth-order valence-corrected chi connectivity index (χ4v) is 4.19. The molecular formula is C21H17FN2O3S. The van der Waals surface area contributed by atoms with Crippen molar-refractivity contribution < 1.29 is 18.4 Å². The van der Waals surface area contributed by atoms with Crippen molar-refractivity contribution in [3.8, 4) is 0 Å². The highest BCUT2D eigenvalue weighted by Gasteiger charge is 2.34. The Kier molecular flexibility index (Phi) is 4.92. The van der Waals surface area contributed by atoms with Gasteiger partial charge in [-0.25, -0.2) is 4.39 Å². The number of halogens is 1. The Bertz CT molecular complexity index is 1020. The molecule has 2 aromatic carbocycles. The van der Waals surface area contributed by atoms with E-state index in [2.05, 4.69) is 5.32 Å². The number of rotatable bonds is 4. The average molecular weight is 396 g/mol. The molecule has 142 valence electrons. The van der Waals surface area contributed by atoms with Gasteiger partial charge in [0.2, 0.25) is 5.91 Å². The van der Waals surface area contributed by atoms with E-state index >= 15 is 0 Å². The number of nitrogens with one attached hydrogen (secondary N) is 1. The number of amides is 2. The van der Waals surface area contributed by atoms with Gasteiger partial charge in [-0.2, -0.15) is 0 Å². The van der Waals surface area contributed by atoms with Gasteiger partial charge >= 0.3 is 0 Å². The summed E-state index contributed by atoms with van der Waals surface area (Å²) in [5.74, 6) is -0.171. The van der Waals surface area contributed by atoms with Crippen LogP contribution in [0.2, 0.25) is 0 Å². The second-order valence-corrected chi connectivity index (χ2v) is 7.48. The lowest BCUT2D eigenvalue weighted by Crippen LogP contribution is -2.28. The summed E-state index contributed by atoms with van der Waals surface area (Å²) in [6, 6.07) is 15.3. The van der Waals surface area contributed by atoms with Gasteiger partial charge in [0.1, 0.15) is 11.2 Å². The topological polar surface area (TPSA) is 62.6 Å². The molecule has 5 nitrogen and oxygen atoms in total. The van der Waals surface area contributed by atoms with Gasteiger partial charge in [-0.1, -0.05) is 18.2 Å². The van der Waals surface area contributed by atoms with Gasteiger partial charge < -0.3 is 9.73 Å². The molecule has 1 aromatic heterocycles. The van der Waals surface area contributed by atoms with Crippen LogP contribution in [-0.4, -0.2) is 17.6 Å². The van der Waals surface area contributed by atoms with E-state index < -0.39 is 0 Å². The number of furan rings is 1. The third-order valence-electron chi connectivity index (χ3n) is 4.50. The van der Waals surface area contributed by atoms with E-state index in [4.69, 9.17) is 4.42 Å². The molecule has 1 atom stereocenters. The Morgan fingerprint density at radius 2 is 2.00 bits per heavy atom. The molecule has 7 heteroatoms. The van der Waals surface area contributed by atoms with Crippen molar-refractivity contribution in [2.75, 3.05) is 16.0 Å². The third kappa shape index (κ3) is 3.53. The van der Waals surface area contributed by atoms with E-state index in [9.17, 15) is 14.0 Å². The summed E-state index contributed by atoms with van der Waals surface area (Å²) in [4.78, 5) is 26.1. The zero-order valence-corrected chi connectivity index (χ0v) is 15.8. The lowest BCUT2D eigenvalue weighted by atomic mass is 10.1. The van der Waals surface area contributed by atoms with Crippen molar-refractivity contribution in [3.05, 3.63) is 83.6 Å². The van der Waals surface area contributed by atoms with Crippen LogP contribution in [0.15, 0.2) is 65.3 Å². The number of aryl methyl sites for hydroxylation is 1. The summed E-state index contributed by atoms with van der Waals surface area (Å²) in [5, 5.41) is 2.51. The van der Waals surface area contributed by atoms with Gasteiger partial charge in [-0.15, -0.1) is 11.8 Å². The van der Waals surface area contributed by atoms with Crippen molar-refractivity contribution in [1.29, 1.82) is 0 Å². The van der Waals surface area contributed by atoms with Crippen molar-refractivity contribution in [3.63, 3.8) is 0 Å².